The third-order valence-electron chi connectivity index (χ3n) is 4.00. The van der Waals surface area contributed by atoms with Gasteiger partial charge in [0.2, 0.25) is 10.0 Å². The SMILES string of the molecule is O=S(=O)(CCc1ccccc1)Nc1ccc(NCc2ccccc2)cc1. The average molecular weight is 366 g/mol. The van der Waals surface area contributed by atoms with E-state index in [0.29, 0.717) is 12.1 Å². The van der Waals surface area contributed by atoms with E-state index in [4.69, 9.17) is 0 Å². The van der Waals surface area contributed by atoms with E-state index in [-0.39, 0.29) is 5.75 Å². The quantitative estimate of drug-likeness (QED) is 0.625. The molecule has 2 N–H and O–H groups in total. The van der Waals surface area contributed by atoms with Crippen LogP contribution in [0.1, 0.15) is 11.1 Å². The first-order chi connectivity index (χ1) is 12.6. The Bertz CT molecular complexity index is 909. The molecule has 0 fully saturated rings. The maximum Gasteiger partial charge on any atom is 0.233 e. The fourth-order valence-electron chi connectivity index (χ4n) is 2.58. The molecule has 0 aliphatic carbocycles. The van der Waals surface area contributed by atoms with Crippen molar-refractivity contribution in [2.24, 2.45) is 0 Å². The van der Waals surface area contributed by atoms with E-state index in [1.165, 1.54) is 5.56 Å². The summed E-state index contributed by atoms with van der Waals surface area (Å²) in [7, 11) is -3.37. The molecule has 0 aliphatic rings. The van der Waals surface area contributed by atoms with Crippen molar-refractivity contribution < 1.29 is 8.42 Å². The van der Waals surface area contributed by atoms with Crippen molar-refractivity contribution in [1.29, 1.82) is 0 Å². The zero-order valence-corrected chi connectivity index (χ0v) is 15.2. The minimum Gasteiger partial charge on any atom is -0.381 e. The van der Waals surface area contributed by atoms with Gasteiger partial charge in [0.25, 0.3) is 0 Å². The van der Waals surface area contributed by atoms with E-state index >= 15 is 0 Å². The molecular formula is C21H22N2O2S. The van der Waals surface area contributed by atoms with E-state index in [9.17, 15) is 8.42 Å². The lowest BCUT2D eigenvalue weighted by molar-refractivity contribution is 0.600. The number of sulfonamides is 1. The van der Waals surface area contributed by atoms with Gasteiger partial charge < -0.3 is 5.32 Å². The molecule has 0 bridgehead atoms. The van der Waals surface area contributed by atoms with E-state index in [2.05, 4.69) is 22.2 Å². The second kappa shape index (κ2) is 8.54. The predicted molar refractivity (Wildman–Crippen MR) is 108 cm³/mol. The van der Waals surface area contributed by atoms with Gasteiger partial charge in [-0.3, -0.25) is 4.72 Å². The van der Waals surface area contributed by atoms with Crippen LogP contribution in [0.25, 0.3) is 0 Å². The zero-order chi connectivity index (χ0) is 18.2. The predicted octanol–water partition coefficient (Wildman–Crippen LogP) is 4.28. The number of hydrogen-bond acceptors (Lipinski definition) is 3. The second-order valence-electron chi connectivity index (χ2n) is 6.07. The van der Waals surface area contributed by atoms with Crippen molar-refractivity contribution in [3.8, 4) is 0 Å². The molecule has 0 radical (unpaired) electrons. The maximum atomic E-state index is 12.2. The molecule has 5 heteroatoms. The second-order valence-corrected chi connectivity index (χ2v) is 7.91. The van der Waals surface area contributed by atoms with E-state index in [1.54, 1.807) is 12.1 Å². The first kappa shape index (κ1) is 18.0. The summed E-state index contributed by atoms with van der Waals surface area (Å²) in [6, 6.07) is 27.0. The first-order valence-corrected chi connectivity index (χ1v) is 10.2. The molecule has 3 rings (SSSR count). The largest absolute Gasteiger partial charge is 0.381 e. The van der Waals surface area contributed by atoms with E-state index in [1.807, 2.05) is 60.7 Å². The summed E-state index contributed by atoms with van der Waals surface area (Å²) >= 11 is 0. The molecule has 0 saturated heterocycles. The Kier molecular flexibility index (Phi) is 5.92. The molecule has 0 aliphatic heterocycles. The van der Waals surface area contributed by atoms with Crippen LogP contribution in [0.4, 0.5) is 11.4 Å². The standard InChI is InChI=1S/C21H22N2O2S/c24-26(25,16-15-18-7-3-1-4-8-18)23-21-13-11-20(12-14-21)22-17-19-9-5-2-6-10-19/h1-14,22-23H,15-17H2. The average Bonchev–Trinajstić information content (AvgIpc) is 2.67. The Morgan fingerprint density at radius 2 is 1.19 bits per heavy atom. The third-order valence-corrected chi connectivity index (χ3v) is 5.29. The summed E-state index contributed by atoms with van der Waals surface area (Å²) in [5, 5.41) is 3.32. The van der Waals surface area contributed by atoms with Crippen LogP contribution >= 0.6 is 0 Å². The normalized spacial score (nSPS) is 11.1. The third kappa shape index (κ3) is 5.63. The monoisotopic (exact) mass is 366 g/mol. The molecule has 0 aromatic heterocycles. The molecule has 0 atom stereocenters. The molecule has 0 saturated carbocycles. The summed E-state index contributed by atoms with van der Waals surface area (Å²) in [6.45, 7) is 0.725. The number of rotatable bonds is 8. The van der Waals surface area contributed by atoms with Crippen LogP contribution in [0, 0.1) is 0 Å². The van der Waals surface area contributed by atoms with Crippen LogP contribution in [0.15, 0.2) is 84.9 Å². The topological polar surface area (TPSA) is 58.2 Å². The highest BCUT2D eigenvalue weighted by molar-refractivity contribution is 7.92. The Balaban J connectivity index is 1.53. The number of anilines is 2. The van der Waals surface area contributed by atoms with Crippen LogP contribution < -0.4 is 10.0 Å². The van der Waals surface area contributed by atoms with Gasteiger partial charge in [0.15, 0.2) is 0 Å². The number of benzene rings is 3. The summed E-state index contributed by atoms with van der Waals surface area (Å²) in [4.78, 5) is 0. The minimum atomic E-state index is -3.37. The minimum absolute atomic E-state index is 0.0605. The van der Waals surface area contributed by atoms with Gasteiger partial charge in [-0.1, -0.05) is 60.7 Å². The van der Waals surface area contributed by atoms with Gasteiger partial charge >= 0.3 is 0 Å². The van der Waals surface area contributed by atoms with Gasteiger partial charge in [-0.2, -0.15) is 0 Å². The lowest BCUT2D eigenvalue weighted by atomic mass is 10.2. The van der Waals surface area contributed by atoms with Crippen LogP contribution in [-0.4, -0.2) is 14.2 Å². The van der Waals surface area contributed by atoms with E-state index < -0.39 is 10.0 Å². The molecule has 3 aromatic carbocycles. The van der Waals surface area contributed by atoms with Gasteiger partial charge in [-0.15, -0.1) is 0 Å². The highest BCUT2D eigenvalue weighted by Crippen LogP contribution is 2.16. The van der Waals surface area contributed by atoms with Crippen molar-refractivity contribution in [2.45, 2.75) is 13.0 Å². The highest BCUT2D eigenvalue weighted by Gasteiger charge is 2.10. The molecule has 0 spiro atoms. The fraction of sp³-hybridized carbons (Fsp3) is 0.143. The van der Waals surface area contributed by atoms with Crippen molar-refractivity contribution >= 4 is 21.4 Å². The summed E-state index contributed by atoms with van der Waals surface area (Å²) in [5.41, 5.74) is 3.72. The number of aryl methyl sites for hydroxylation is 1. The van der Waals surface area contributed by atoms with Gasteiger partial charge in [0.1, 0.15) is 0 Å². The van der Waals surface area contributed by atoms with Crippen molar-refractivity contribution in [1.82, 2.24) is 0 Å². The van der Waals surface area contributed by atoms with Gasteiger partial charge in [0, 0.05) is 17.9 Å². The van der Waals surface area contributed by atoms with Crippen LogP contribution in [0.2, 0.25) is 0 Å². The summed E-state index contributed by atoms with van der Waals surface area (Å²) in [5.74, 6) is 0.0605. The maximum absolute atomic E-state index is 12.2. The van der Waals surface area contributed by atoms with Crippen molar-refractivity contribution in [3.63, 3.8) is 0 Å². The summed E-state index contributed by atoms with van der Waals surface area (Å²) in [6.07, 6.45) is 0.493. The molecule has 26 heavy (non-hydrogen) atoms. The smallest absolute Gasteiger partial charge is 0.233 e. The van der Waals surface area contributed by atoms with Crippen LogP contribution in [-0.2, 0) is 23.0 Å². The molecular weight excluding hydrogens is 344 g/mol. The Hall–Kier alpha value is -2.79. The van der Waals surface area contributed by atoms with Gasteiger partial charge in [-0.05, 0) is 41.8 Å². The lowest BCUT2D eigenvalue weighted by Crippen LogP contribution is -2.18. The molecule has 0 heterocycles. The van der Waals surface area contributed by atoms with Crippen molar-refractivity contribution in [2.75, 3.05) is 15.8 Å². The Morgan fingerprint density at radius 1 is 0.654 bits per heavy atom. The summed E-state index contributed by atoms with van der Waals surface area (Å²) < 4.78 is 27.1. The van der Waals surface area contributed by atoms with Crippen LogP contribution in [0.3, 0.4) is 0 Å². The Labute approximate surface area is 155 Å². The number of hydrogen-bond donors (Lipinski definition) is 2. The van der Waals surface area contributed by atoms with Crippen LogP contribution in [0.5, 0.6) is 0 Å². The highest BCUT2D eigenvalue weighted by atomic mass is 32.2. The van der Waals surface area contributed by atoms with Crippen molar-refractivity contribution in [3.05, 3.63) is 96.1 Å². The Morgan fingerprint density at radius 3 is 1.81 bits per heavy atom. The molecule has 0 unspecified atom stereocenters. The number of nitrogens with one attached hydrogen (secondary N) is 2. The molecule has 3 aromatic rings. The molecule has 4 nitrogen and oxygen atoms in total. The van der Waals surface area contributed by atoms with Gasteiger partial charge in [0.05, 0.1) is 5.75 Å². The fourth-order valence-corrected chi connectivity index (χ4v) is 3.69. The lowest BCUT2D eigenvalue weighted by Gasteiger charge is -2.10. The molecule has 134 valence electrons. The van der Waals surface area contributed by atoms with Gasteiger partial charge in [-0.25, -0.2) is 8.42 Å². The molecule has 0 amide bonds. The first-order valence-electron chi connectivity index (χ1n) is 8.53. The van der Waals surface area contributed by atoms with E-state index in [0.717, 1.165) is 17.8 Å². The zero-order valence-electron chi connectivity index (χ0n) is 14.4.